The number of hydroxylamine groups is 2. The molecule has 0 aromatic heterocycles. The third kappa shape index (κ3) is 1.06. The Morgan fingerprint density at radius 3 is 3.10 bits per heavy atom. The average Bonchev–Trinajstić information content (AvgIpc) is 2.27. The zero-order valence-corrected chi connectivity index (χ0v) is 6.55. The monoisotopic (exact) mass is 141 g/mol. The van der Waals surface area contributed by atoms with Crippen molar-refractivity contribution in [1.29, 1.82) is 0 Å². The maximum Gasteiger partial charge on any atom is 0.0781 e. The van der Waals surface area contributed by atoms with Crippen molar-refractivity contribution in [3.05, 3.63) is 0 Å². The second-order valence-electron chi connectivity index (χ2n) is 3.44. The Bertz CT molecular complexity index is 112. The largest absolute Gasteiger partial charge is 0.296 e. The zero-order valence-electron chi connectivity index (χ0n) is 6.55. The fraction of sp³-hybridized carbons (Fsp3) is 1.00. The van der Waals surface area contributed by atoms with Gasteiger partial charge < -0.3 is 0 Å². The molecule has 0 aromatic rings. The van der Waals surface area contributed by atoms with Crippen LogP contribution < -0.4 is 0 Å². The Hall–Kier alpha value is -0.0800. The quantitative estimate of drug-likeness (QED) is 0.507. The molecule has 2 aliphatic heterocycles. The van der Waals surface area contributed by atoms with Gasteiger partial charge in [-0.3, -0.25) is 4.84 Å². The van der Waals surface area contributed by atoms with Crippen LogP contribution in [0.5, 0.6) is 0 Å². The summed E-state index contributed by atoms with van der Waals surface area (Å²) in [5, 5.41) is 2.19. The lowest BCUT2D eigenvalue weighted by Crippen LogP contribution is -2.32. The summed E-state index contributed by atoms with van der Waals surface area (Å²) in [7, 11) is 0. The first kappa shape index (κ1) is 6.62. The standard InChI is InChI=1S/C8H15NO/c1-7-6-8-4-2-3-5-9(8)10-7/h7-8H,2-6H2,1H3. The molecule has 2 saturated heterocycles. The topological polar surface area (TPSA) is 12.5 Å². The van der Waals surface area contributed by atoms with Gasteiger partial charge in [-0.15, -0.1) is 0 Å². The van der Waals surface area contributed by atoms with Crippen molar-refractivity contribution in [2.24, 2.45) is 0 Å². The zero-order chi connectivity index (χ0) is 6.97. The number of rotatable bonds is 0. The van der Waals surface area contributed by atoms with Gasteiger partial charge in [-0.05, 0) is 26.2 Å². The maximum absolute atomic E-state index is 5.60. The van der Waals surface area contributed by atoms with E-state index in [0.29, 0.717) is 6.10 Å². The van der Waals surface area contributed by atoms with Crippen molar-refractivity contribution < 1.29 is 4.84 Å². The molecular formula is C8H15NO. The fourth-order valence-electron chi connectivity index (χ4n) is 2.01. The minimum atomic E-state index is 0.475. The summed E-state index contributed by atoms with van der Waals surface area (Å²) in [5.41, 5.74) is 0. The minimum Gasteiger partial charge on any atom is -0.296 e. The van der Waals surface area contributed by atoms with E-state index in [1.165, 1.54) is 25.7 Å². The molecule has 0 N–H and O–H groups in total. The number of piperidine rings is 1. The molecule has 58 valence electrons. The molecule has 0 amide bonds. The summed E-state index contributed by atoms with van der Waals surface area (Å²) >= 11 is 0. The predicted octanol–water partition coefficient (Wildman–Crippen LogP) is 1.56. The van der Waals surface area contributed by atoms with Crippen molar-refractivity contribution in [3.63, 3.8) is 0 Å². The van der Waals surface area contributed by atoms with Crippen molar-refractivity contribution >= 4 is 0 Å². The van der Waals surface area contributed by atoms with Gasteiger partial charge in [-0.25, -0.2) is 0 Å². The molecule has 2 unspecified atom stereocenters. The Kier molecular flexibility index (Phi) is 1.66. The van der Waals surface area contributed by atoms with E-state index in [1.54, 1.807) is 0 Å². The van der Waals surface area contributed by atoms with Gasteiger partial charge in [-0.2, -0.15) is 5.06 Å². The SMILES string of the molecule is CC1CC2CCCCN2O1. The molecule has 2 rings (SSSR count). The first-order valence-electron chi connectivity index (χ1n) is 4.29. The average molecular weight is 141 g/mol. The van der Waals surface area contributed by atoms with Crippen LogP contribution in [0.2, 0.25) is 0 Å². The van der Waals surface area contributed by atoms with Crippen LogP contribution in [0, 0.1) is 0 Å². The summed E-state index contributed by atoms with van der Waals surface area (Å²) in [6.45, 7) is 3.33. The van der Waals surface area contributed by atoms with Crippen LogP contribution in [-0.2, 0) is 4.84 Å². The molecule has 2 heterocycles. The molecule has 0 bridgehead atoms. The van der Waals surface area contributed by atoms with Crippen LogP contribution in [0.25, 0.3) is 0 Å². The molecule has 2 heteroatoms. The Balaban J connectivity index is 1.97. The summed E-state index contributed by atoms with van der Waals surface area (Å²) in [5.74, 6) is 0. The molecule has 10 heavy (non-hydrogen) atoms. The van der Waals surface area contributed by atoms with Crippen LogP contribution in [0.15, 0.2) is 0 Å². The van der Waals surface area contributed by atoms with Gasteiger partial charge >= 0.3 is 0 Å². The molecule has 2 nitrogen and oxygen atoms in total. The first-order chi connectivity index (χ1) is 4.86. The van der Waals surface area contributed by atoms with E-state index in [0.717, 1.165) is 12.6 Å². The van der Waals surface area contributed by atoms with Crippen LogP contribution in [-0.4, -0.2) is 23.8 Å². The first-order valence-corrected chi connectivity index (χ1v) is 4.29. The highest BCUT2D eigenvalue weighted by Gasteiger charge is 2.32. The van der Waals surface area contributed by atoms with Gasteiger partial charge in [0.15, 0.2) is 0 Å². The van der Waals surface area contributed by atoms with Crippen molar-refractivity contribution in [1.82, 2.24) is 5.06 Å². The minimum absolute atomic E-state index is 0.475. The van der Waals surface area contributed by atoms with E-state index in [9.17, 15) is 0 Å². The Labute approximate surface area is 62.1 Å². The number of hydrogen-bond donors (Lipinski definition) is 0. The summed E-state index contributed by atoms with van der Waals surface area (Å²) in [4.78, 5) is 5.60. The van der Waals surface area contributed by atoms with Crippen molar-refractivity contribution in [3.8, 4) is 0 Å². The molecule has 2 aliphatic rings. The smallest absolute Gasteiger partial charge is 0.0781 e. The third-order valence-electron chi connectivity index (χ3n) is 2.49. The van der Waals surface area contributed by atoms with Crippen LogP contribution >= 0.6 is 0 Å². The van der Waals surface area contributed by atoms with E-state index >= 15 is 0 Å². The van der Waals surface area contributed by atoms with Crippen LogP contribution in [0.3, 0.4) is 0 Å². The van der Waals surface area contributed by atoms with E-state index in [1.807, 2.05) is 0 Å². The second kappa shape index (κ2) is 2.51. The van der Waals surface area contributed by atoms with Crippen molar-refractivity contribution in [2.45, 2.75) is 44.8 Å². The van der Waals surface area contributed by atoms with E-state index < -0.39 is 0 Å². The van der Waals surface area contributed by atoms with Gasteiger partial charge in [0.2, 0.25) is 0 Å². The molecular weight excluding hydrogens is 126 g/mol. The van der Waals surface area contributed by atoms with E-state index in [2.05, 4.69) is 12.0 Å². The van der Waals surface area contributed by atoms with Crippen LogP contribution in [0.4, 0.5) is 0 Å². The number of hydrogen-bond acceptors (Lipinski definition) is 2. The lowest BCUT2D eigenvalue weighted by Gasteiger charge is -2.26. The molecule has 0 aromatic carbocycles. The van der Waals surface area contributed by atoms with Gasteiger partial charge in [-0.1, -0.05) is 6.42 Å². The fourth-order valence-corrected chi connectivity index (χ4v) is 2.01. The third-order valence-corrected chi connectivity index (χ3v) is 2.49. The van der Waals surface area contributed by atoms with Gasteiger partial charge in [0, 0.05) is 12.6 Å². The summed E-state index contributed by atoms with van der Waals surface area (Å²) in [6, 6.07) is 0.753. The lowest BCUT2D eigenvalue weighted by atomic mass is 10.0. The van der Waals surface area contributed by atoms with Gasteiger partial charge in [0.25, 0.3) is 0 Å². The molecule has 0 saturated carbocycles. The molecule has 2 fully saturated rings. The normalized spacial score (nSPS) is 41.7. The molecule has 2 atom stereocenters. The maximum atomic E-state index is 5.60. The Morgan fingerprint density at radius 2 is 2.30 bits per heavy atom. The van der Waals surface area contributed by atoms with E-state index in [4.69, 9.17) is 4.84 Å². The molecule has 0 spiro atoms. The van der Waals surface area contributed by atoms with Gasteiger partial charge in [0.1, 0.15) is 0 Å². The predicted molar refractivity (Wildman–Crippen MR) is 39.5 cm³/mol. The van der Waals surface area contributed by atoms with E-state index in [-0.39, 0.29) is 0 Å². The number of nitrogens with zero attached hydrogens (tertiary/aromatic N) is 1. The summed E-state index contributed by atoms with van der Waals surface area (Å²) < 4.78 is 0. The molecule has 0 aliphatic carbocycles. The highest BCUT2D eigenvalue weighted by Crippen LogP contribution is 2.28. The number of fused-ring (bicyclic) bond motifs is 1. The van der Waals surface area contributed by atoms with Gasteiger partial charge in [0.05, 0.1) is 6.10 Å². The second-order valence-corrected chi connectivity index (χ2v) is 3.44. The highest BCUT2D eigenvalue weighted by molar-refractivity contribution is 4.78. The molecule has 0 radical (unpaired) electrons. The Morgan fingerprint density at radius 1 is 1.40 bits per heavy atom. The lowest BCUT2D eigenvalue weighted by molar-refractivity contribution is -0.166. The highest BCUT2D eigenvalue weighted by atomic mass is 16.7. The van der Waals surface area contributed by atoms with Crippen molar-refractivity contribution in [2.75, 3.05) is 6.54 Å². The summed E-state index contributed by atoms with van der Waals surface area (Å²) in [6.07, 6.45) is 5.80. The van der Waals surface area contributed by atoms with Crippen LogP contribution in [0.1, 0.15) is 32.6 Å².